The molecule has 3 rings (SSSR count). The SMILES string of the molecule is COc1ccc(C2C(C=O)N2S(=O)(=O)c2ccc(C)cc2)cc1. The number of benzene rings is 2. The molecule has 2 aromatic carbocycles. The van der Waals surface area contributed by atoms with Gasteiger partial charge in [0.2, 0.25) is 10.0 Å². The summed E-state index contributed by atoms with van der Waals surface area (Å²) in [5.74, 6) is 0.685. The van der Waals surface area contributed by atoms with Crippen LogP contribution in [0, 0.1) is 6.92 Å². The van der Waals surface area contributed by atoms with Crippen LogP contribution in [-0.4, -0.2) is 32.2 Å². The Hall–Kier alpha value is -2.18. The number of hydrogen-bond acceptors (Lipinski definition) is 4. The average molecular weight is 331 g/mol. The monoisotopic (exact) mass is 331 g/mol. The molecular formula is C17H17NO4S. The third-order valence-corrected chi connectivity index (χ3v) is 5.89. The van der Waals surface area contributed by atoms with Crippen molar-refractivity contribution < 1.29 is 17.9 Å². The highest BCUT2D eigenvalue weighted by Crippen LogP contribution is 2.46. The van der Waals surface area contributed by atoms with Crippen LogP contribution in [0.2, 0.25) is 0 Å². The van der Waals surface area contributed by atoms with Crippen molar-refractivity contribution in [2.75, 3.05) is 7.11 Å². The Morgan fingerprint density at radius 1 is 1.04 bits per heavy atom. The number of aldehydes is 1. The van der Waals surface area contributed by atoms with Crippen LogP contribution < -0.4 is 4.74 Å². The molecule has 1 aliphatic heterocycles. The van der Waals surface area contributed by atoms with Gasteiger partial charge in [-0.2, -0.15) is 4.31 Å². The molecule has 0 aromatic heterocycles. The van der Waals surface area contributed by atoms with Crippen molar-refractivity contribution in [2.24, 2.45) is 0 Å². The molecule has 23 heavy (non-hydrogen) atoms. The predicted octanol–water partition coefficient (Wildman–Crippen LogP) is 2.32. The lowest BCUT2D eigenvalue weighted by Crippen LogP contribution is -2.15. The third kappa shape index (κ3) is 2.75. The van der Waals surface area contributed by atoms with E-state index in [4.69, 9.17) is 4.74 Å². The Labute approximate surface area is 135 Å². The summed E-state index contributed by atoms with van der Waals surface area (Å²) in [6.45, 7) is 1.89. The zero-order valence-electron chi connectivity index (χ0n) is 12.8. The summed E-state index contributed by atoms with van der Waals surface area (Å²) in [7, 11) is -2.12. The average Bonchev–Trinajstić information content (AvgIpc) is 3.31. The van der Waals surface area contributed by atoms with Crippen molar-refractivity contribution in [1.82, 2.24) is 4.31 Å². The van der Waals surface area contributed by atoms with Gasteiger partial charge in [-0.25, -0.2) is 8.42 Å². The molecule has 1 fully saturated rings. The molecule has 3 atom stereocenters. The number of sulfonamides is 1. The largest absolute Gasteiger partial charge is 0.497 e. The van der Waals surface area contributed by atoms with Crippen LogP contribution in [0.5, 0.6) is 5.75 Å². The molecule has 0 amide bonds. The maximum absolute atomic E-state index is 12.7. The van der Waals surface area contributed by atoms with E-state index < -0.39 is 22.1 Å². The summed E-state index contributed by atoms with van der Waals surface area (Å²) in [5.41, 5.74) is 1.76. The molecule has 1 saturated heterocycles. The van der Waals surface area contributed by atoms with Crippen LogP contribution in [0.3, 0.4) is 0 Å². The topological polar surface area (TPSA) is 63.5 Å². The number of methoxy groups -OCH3 is 1. The summed E-state index contributed by atoms with van der Waals surface area (Å²) in [6, 6.07) is 12.6. The highest BCUT2D eigenvalue weighted by molar-refractivity contribution is 7.89. The zero-order chi connectivity index (χ0) is 16.6. The minimum Gasteiger partial charge on any atom is -0.497 e. The quantitative estimate of drug-likeness (QED) is 0.623. The van der Waals surface area contributed by atoms with Crippen LogP contribution in [0.1, 0.15) is 17.2 Å². The van der Waals surface area contributed by atoms with Gasteiger partial charge in [0.15, 0.2) is 0 Å². The summed E-state index contributed by atoms with van der Waals surface area (Å²) in [6.07, 6.45) is 0.681. The van der Waals surface area contributed by atoms with Crippen LogP contribution in [0.25, 0.3) is 0 Å². The van der Waals surface area contributed by atoms with E-state index in [0.29, 0.717) is 12.0 Å². The smallest absolute Gasteiger partial charge is 0.244 e. The van der Waals surface area contributed by atoms with Gasteiger partial charge in [0, 0.05) is 0 Å². The van der Waals surface area contributed by atoms with Gasteiger partial charge in [-0.1, -0.05) is 29.8 Å². The normalized spacial score (nSPS) is 23.3. The Balaban J connectivity index is 1.92. The number of hydrogen-bond donors (Lipinski definition) is 0. The number of ether oxygens (including phenoxy) is 1. The molecule has 1 heterocycles. The second-order valence-corrected chi connectivity index (χ2v) is 7.34. The fraction of sp³-hybridized carbons (Fsp3) is 0.235. The first-order chi connectivity index (χ1) is 11.0. The maximum Gasteiger partial charge on any atom is 0.244 e. The Kier molecular flexibility index (Phi) is 3.95. The molecule has 5 nitrogen and oxygen atoms in total. The van der Waals surface area contributed by atoms with Gasteiger partial charge in [-0.05, 0) is 36.8 Å². The molecule has 0 N–H and O–H groups in total. The first kappa shape index (κ1) is 15.7. The molecule has 6 heteroatoms. The van der Waals surface area contributed by atoms with Crippen molar-refractivity contribution in [3.8, 4) is 5.75 Å². The highest BCUT2D eigenvalue weighted by atomic mass is 32.2. The van der Waals surface area contributed by atoms with Crippen molar-refractivity contribution in [2.45, 2.75) is 23.9 Å². The van der Waals surface area contributed by atoms with Crippen LogP contribution >= 0.6 is 0 Å². The van der Waals surface area contributed by atoms with Gasteiger partial charge in [0.25, 0.3) is 0 Å². The number of carbonyl (C=O) groups excluding carboxylic acids is 1. The van der Waals surface area contributed by atoms with Crippen molar-refractivity contribution in [3.05, 3.63) is 59.7 Å². The van der Waals surface area contributed by atoms with Crippen molar-refractivity contribution in [3.63, 3.8) is 0 Å². The van der Waals surface area contributed by atoms with E-state index in [1.807, 2.05) is 6.92 Å². The van der Waals surface area contributed by atoms with E-state index in [1.165, 1.54) is 4.31 Å². The van der Waals surface area contributed by atoms with Gasteiger partial charge in [0.05, 0.1) is 18.0 Å². The van der Waals surface area contributed by atoms with Crippen LogP contribution in [-0.2, 0) is 14.8 Å². The van der Waals surface area contributed by atoms with E-state index in [9.17, 15) is 13.2 Å². The van der Waals surface area contributed by atoms with Crippen LogP contribution in [0.4, 0.5) is 0 Å². The Morgan fingerprint density at radius 2 is 1.65 bits per heavy atom. The molecule has 0 bridgehead atoms. The predicted molar refractivity (Wildman–Crippen MR) is 85.8 cm³/mol. The second kappa shape index (κ2) is 5.79. The highest BCUT2D eigenvalue weighted by Gasteiger charge is 2.56. The van der Waals surface area contributed by atoms with Gasteiger partial charge < -0.3 is 9.53 Å². The lowest BCUT2D eigenvalue weighted by atomic mass is 10.1. The van der Waals surface area contributed by atoms with E-state index in [0.717, 1.165) is 11.1 Å². The number of nitrogens with zero attached hydrogens (tertiary/aromatic N) is 1. The number of rotatable bonds is 5. The first-order valence-electron chi connectivity index (χ1n) is 7.18. The van der Waals surface area contributed by atoms with Gasteiger partial charge in [0.1, 0.15) is 18.1 Å². The minimum atomic E-state index is -3.69. The van der Waals surface area contributed by atoms with E-state index >= 15 is 0 Å². The van der Waals surface area contributed by atoms with Crippen molar-refractivity contribution in [1.29, 1.82) is 0 Å². The molecule has 3 unspecified atom stereocenters. The van der Waals surface area contributed by atoms with Gasteiger partial charge >= 0.3 is 0 Å². The molecule has 2 aromatic rings. The van der Waals surface area contributed by atoms with Gasteiger partial charge in [-0.15, -0.1) is 0 Å². The number of aryl methyl sites for hydroxylation is 1. The van der Waals surface area contributed by atoms with E-state index in [1.54, 1.807) is 55.6 Å². The lowest BCUT2D eigenvalue weighted by molar-refractivity contribution is -0.107. The van der Waals surface area contributed by atoms with Gasteiger partial charge in [-0.3, -0.25) is 0 Å². The third-order valence-electron chi connectivity index (χ3n) is 3.99. The summed E-state index contributed by atoms with van der Waals surface area (Å²) >= 11 is 0. The fourth-order valence-electron chi connectivity index (χ4n) is 2.65. The molecule has 0 aliphatic carbocycles. The Bertz CT molecular complexity index is 813. The number of carbonyl (C=O) groups is 1. The molecular weight excluding hydrogens is 314 g/mol. The van der Waals surface area contributed by atoms with Crippen molar-refractivity contribution >= 4 is 16.3 Å². The molecule has 0 radical (unpaired) electrons. The second-order valence-electron chi connectivity index (χ2n) is 5.49. The maximum atomic E-state index is 12.7. The fourth-order valence-corrected chi connectivity index (χ4v) is 4.35. The lowest BCUT2D eigenvalue weighted by Gasteiger charge is -2.07. The first-order valence-corrected chi connectivity index (χ1v) is 8.62. The molecule has 1 aliphatic rings. The van der Waals surface area contributed by atoms with Crippen LogP contribution in [0.15, 0.2) is 53.4 Å². The minimum absolute atomic E-state index is 0.200. The summed E-state index contributed by atoms with van der Waals surface area (Å²) in [4.78, 5) is 11.5. The van der Waals surface area contributed by atoms with E-state index in [-0.39, 0.29) is 4.90 Å². The zero-order valence-corrected chi connectivity index (χ0v) is 13.7. The summed E-state index contributed by atoms with van der Waals surface area (Å²) in [5, 5.41) is 0. The Morgan fingerprint density at radius 3 is 2.17 bits per heavy atom. The molecule has 0 saturated carbocycles. The standard InChI is InChI=1S/C17H17NO4S/c1-12-3-9-15(10-4-12)23(20,21)18-16(11-19)17(18)13-5-7-14(22-2)8-6-13/h3-11,16-17H,1-2H3. The molecule has 0 spiro atoms. The van der Waals surface area contributed by atoms with E-state index in [2.05, 4.69) is 0 Å². The summed E-state index contributed by atoms with van der Waals surface area (Å²) < 4.78 is 31.8. The molecule has 120 valence electrons.